The molecule has 5 nitrogen and oxygen atoms in total. The van der Waals surface area contributed by atoms with Crippen molar-refractivity contribution in [2.45, 2.75) is 18.0 Å². The molecule has 0 aliphatic heterocycles. The Bertz CT molecular complexity index is 1220. The summed E-state index contributed by atoms with van der Waals surface area (Å²) in [6, 6.07) is 16.7. The highest BCUT2D eigenvalue weighted by molar-refractivity contribution is 7.92. The van der Waals surface area contributed by atoms with Gasteiger partial charge in [0.25, 0.3) is 10.0 Å². The summed E-state index contributed by atoms with van der Waals surface area (Å²) in [6.45, 7) is 1.08. The van der Waals surface area contributed by atoms with Crippen LogP contribution >= 0.6 is 11.6 Å². The molecule has 0 aliphatic carbocycles. The Morgan fingerprint density at radius 3 is 2.22 bits per heavy atom. The first-order chi connectivity index (χ1) is 15.0. The molecule has 0 saturated carbocycles. The van der Waals surface area contributed by atoms with Gasteiger partial charge in [0.15, 0.2) is 0 Å². The van der Waals surface area contributed by atoms with Crippen molar-refractivity contribution in [2.75, 3.05) is 16.2 Å². The SMILES string of the molecule is Cc1ccc(N(CC(=O)Nc2ccc(Cl)cc2C(F)(F)F)S(=O)(=O)c2ccccc2)cc1. The quantitative estimate of drug-likeness (QED) is 0.504. The number of alkyl halides is 3. The zero-order chi connectivity index (χ0) is 23.5. The molecule has 0 saturated heterocycles. The van der Waals surface area contributed by atoms with E-state index in [0.29, 0.717) is 6.07 Å². The minimum atomic E-state index is -4.76. The number of rotatable bonds is 6. The number of carbonyl (C=O) groups excluding carboxylic acids is 1. The van der Waals surface area contributed by atoms with Crippen LogP contribution < -0.4 is 9.62 Å². The van der Waals surface area contributed by atoms with Crippen LogP contribution in [-0.4, -0.2) is 20.9 Å². The van der Waals surface area contributed by atoms with E-state index in [4.69, 9.17) is 11.6 Å². The van der Waals surface area contributed by atoms with Crippen molar-refractivity contribution < 1.29 is 26.4 Å². The molecule has 0 aromatic heterocycles. The van der Waals surface area contributed by atoms with Gasteiger partial charge in [-0.25, -0.2) is 8.42 Å². The van der Waals surface area contributed by atoms with E-state index in [0.717, 1.165) is 15.9 Å². The normalized spacial score (nSPS) is 11.8. The summed E-state index contributed by atoms with van der Waals surface area (Å²) in [7, 11) is -4.17. The summed E-state index contributed by atoms with van der Waals surface area (Å²) < 4.78 is 67.3. The predicted octanol–water partition coefficient (Wildman–Crippen LogP) is 5.50. The summed E-state index contributed by atoms with van der Waals surface area (Å²) >= 11 is 5.66. The predicted molar refractivity (Wildman–Crippen MR) is 117 cm³/mol. The number of amides is 1. The van der Waals surface area contributed by atoms with Crippen molar-refractivity contribution in [1.29, 1.82) is 0 Å². The minimum Gasteiger partial charge on any atom is -0.324 e. The monoisotopic (exact) mass is 482 g/mol. The summed E-state index contributed by atoms with van der Waals surface area (Å²) in [5.74, 6) is -0.946. The molecular formula is C22H18ClF3N2O3S. The number of anilines is 2. The van der Waals surface area contributed by atoms with Crippen molar-refractivity contribution in [1.82, 2.24) is 0 Å². The number of aryl methyl sites for hydroxylation is 1. The molecule has 3 aromatic rings. The highest BCUT2D eigenvalue weighted by atomic mass is 35.5. The molecule has 0 atom stereocenters. The Morgan fingerprint density at radius 2 is 1.62 bits per heavy atom. The van der Waals surface area contributed by atoms with Gasteiger partial charge in [-0.05, 0) is 49.4 Å². The standard InChI is InChI=1S/C22H18ClF3N2O3S/c1-15-7-10-17(11-8-15)28(32(30,31)18-5-3-2-4-6-18)14-21(29)27-20-12-9-16(23)13-19(20)22(24,25)26/h2-13H,14H2,1H3,(H,27,29). The first kappa shape index (κ1) is 23.6. The second-order valence-electron chi connectivity index (χ2n) is 6.90. The maximum Gasteiger partial charge on any atom is 0.418 e. The molecule has 10 heteroatoms. The Labute approximate surface area is 188 Å². The van der Waals surface area contributed by atoms with Gasteiger partial charge in [-0.15, -0.1) is 0 Å². The third-order valence-corrected chi connectivity index (χ3v) is 6.52. The zero-order valence-electron chi connectivity index (χ0n) is 16.7. The number of hydrogen-bond donors (Lipinski definition) is 1. The van der Waals surface area contributed by atoms with Gasteiger partial charge in [0.1, 0.15) is 6.54 Å². The van der Waals surface area contributed by atoms with Crippen molar-refractivity contribution in [2.24, 2.45) is 0 Å². The van der Waals surface area contributed by atoms with Crippen molar-refractivity contribution >= 4 is 38.9 Å². The second-order valence-corrected chi connectivity index (χ2v) is 9.19. The molecule has 0 bridgehead atoms. The fourth-order valence-corrected chi connectivity index (χ4v) is 4.54. The van der Waals surface area contributed by atoms with Crippen LogP contribution in [0.3, 0.4) is 0 Å². The molecule has 3 rings (SSSR count). The third-order valence-electron chi connectivity index (χ3n) is 4.50. The molecule has 1 amide bonds. The molecule has 0 fully saturated rings. The van der Waals surface area contributed by atoms with E-state index >= 15 is 0 Å². The fraction of sp³-hybridized carbons (Fsp3) is 0.136. The van der Waals surface area contributed by atoms with E-state index in [9.17, 15) is 26.4 Å². The molecular weight excluding hydrogens is 465 g/mol. The highest BCUT2D eigenvalue weighted by Gasteiger charge is 2.35. The largest absolute Gasteiger partial charge is 0.418 e. The number of halogens is 4. The lowest BCUT2D eigenvalue weighted by Crippen LogP contribution is -2.38. The Kier molecular flexibility index (Phi) is 6.80. The second kappa shape index (κ2) is 9.22. The number of carbonyl (C=O) groups is 1. The van der Waals surface area contributed by atoms with Gasteiger partial charge in [-0.2, -0.15) is 13.2 Å². The average molecular weight is 483 g/mol. The van der Waals surface area contributed by atoms with Crippen molar-refractivity contribution in [3.63, 3.8) is 0 Å². The molecule has 0 aliphatic rings. The molecule has 0 unspecified atom stereocenters. The first-order valence-corrected chi connectivity index (χ1v) is 11.1. The highest BCUT2D eigenvalue weighted by Crippen LogP contribution is 2.36. The van der Waals surface area contributed by atoms with Crippen LogP contribution in [-0.2, 0) is 21.0 Å². The Hall–Kier alpha value is -3.04. The van der Waals surface area contributed by atoms with Crippen LogP contribution in [0.25, 0.3) is 0 Å². The van der Waals surface area contributed by atoms with Crippen molar-refractivity contribution in [3.8, 4) is 0 Å². The van der Waals surface area contributed by atoms with Crippen LogP contribution in [0.15, 0.2) is 77.7 Å². The molecule has 32 heavy (non-hydrogen) atoms. The van der Waals surface area contributed by atoms with Gasteiger partial charge in [0.05, 0.1) is 21.8 Å². The Balaban J connectivity index is 1.96. The maximum atomic E-state index is 13.3. The lowest BCUT2D eigenvalue weighted by molar-refractivity contribution is -0.137. The van der Waals surface area contributed by atoms with Gasteiger partial charge >= 0.3 is 6.18 Å². The van der Waals surface area contributed by atoms with E-state index in [1.807, 2.05) is 6.92 Å². The maximum absolute atomic E-state index is 13.3. The van der Waals surface area contributed by atoms with E-state index in [1.165, 1.54) is 42.5 Å². The zero-order valence-corrected chi connectivity index (χ0v) is 18.3. The summed E-state index contributed by atoms with van der Waals surface area (Å²) in [5, 5.41) is 2.01. The van der Waals surface area contributed by atoms with E-state index < -0.39 is 39.9 Å². The lowest BCUT2D eigenvalue weighted by atomic mass is 10.1. The van der Waals surface area contributed by atoms with Crippen LogP contribution in [0.5, 0.6) is 0 Å². The fourth-order valence-electron chi connectivity index (χ4n) is 2.93. The first-order valence-electron chi connectivity index (χ1n) is 9.29. The summed E-state index contributed by atoms with van der Waals surface area (Å²) in [4.78, 5) is 12.6. The summed E-state index contributed by atoms with van der Waals surface area (Å²) in [5.41, 5.74) is -0.591. The van der Waals surface area contributed by atoms with Crippen LogP contribution in [0, 0.1) is 6.92 Å². The van der Waals surface area contributed by atoms with E-state index in [-0.39, 0.29) is 15.6 Å². The number of nitrogens with zero attached hydrogens (tertiary/aromatic N) is 1. The number of benzene rings is 3. The Morgan fingerprint density at radius 1 is 1.00 bits per heavy atom. The molecule has 0 radical (unpaired) electrons. The molecule has 1 N–H and O–H groups in total. The third kappa shape index (κ3) is 5.41. The van der Waals surface area contributed by atoms with Crippen LogP contribution in [0.1, 0.15) is 11.1 Å². The van der Waals surface area contributed by atoms with Crippen LogP contribution in [0.2, 0.25) is 5.02 Å². The molecule has 168 valence electrons. The lowest BCUT2D eigenvalue weighted by Gasteiger charge is -2.24. The van der Waals surface area contributed by atoms with Gasteiger partial charge in [0, 0.05) is 5.02 Å². The smallest absolute Gasteiger partial charge is 0.324 e. The van der Waals surface area contributed by atoms with Gasteiger partial charge in [-0.1, -0.05) is 47.5 Å². The average Bonchev–Trinajstić information content (AvgIpc) is 2.74. The number of hydrogen-bond acceptors (Lipinski definition) is 3. The van der Waals surface area contributed by atoms with Gasteiger partial charge in [0.2, 0.25) is 5.91 Å². The number of nitrogens with one attached hydrogen (secondary N) is 1. The van der Waals surface area contributed by atoms with Crippen LogP contribution in [0.4, 0.5) is 24.5 Å². The summed E-state index contributed by atoms with van der Waals surface area (Å²) in [6.07, 6.45) is -4.76. The topological polar surface area (TPSA) is 66.5 Å². The van der Waals surface area contributed by atoms with Gasteiger partial charge in [-0.3, -0.25) is 9.10 Å². The number of sulfonamides is 1. The molecule has 0 heterocycles. The van der Waals surface area contributed by atoms with E-state index in [1.54, 1.807) is 18.2 Å². The molecule has 3 aromatic carbocycles. The van der Waals surface area contributed by atoms with E-state index in [2.05, 4.69) is 5.32 Å². The minimum absolute atomic E-state index is 0.0594. The van der Waals surface area contributed by atoms with Crippen molar-refractivity contribution in [3.05, 3.63) is 88.9 Å². The van der Waals surface area contributed by atoms with Gasteiger partial charge < -0.3 is 5.32 Å². The molecule has 0 spiro atoms.